The number of fused-ring (bicyclic) bond motifs is 1. The summed E-state index contributed by atoms with van der Waals surface area (Å²) in [5, 5.41) is 0. The molecule has 154 valence electrons. The molecule has 30 heavy (non-hydrogen) atoms. The van der Waals surface area contributed by atoms with Crippen LogP contribution in [0.3, 0.4) is 0 Å². The zero-order chi connectivity index (χ0) is 21.3. The Kier molecular flexibility index (Phi) is 5.29. The van der Waals surface area contributed by atoms with E-state index in [-0.39, 0.29) is 6.17 Å². The first-order valence-electron chi connectivity index (χ1n) is 9.76. The van der Waals surface area contributed by atoms with Gasteiger partial charge in [0.1, 0.15) is 18.5 Å². The number of nitrogens with two attached hydrogens (primary N) is 2. The highest BCUT2D eigenvalue weighted by Gasteiger charge is 2.24. The van der Waals surface area contributed by atoms with E-state index in [0.717, 1.165) is 39.6 Å². The Balaban J connectivity index is 1.55. The fourth-order valence-electron chi connectivity index (χ4n) is 3.51. The van der Waals surface area contributed by atoms with Gasteiger partial charge in [-0.05, 0) is 55.0 Å². The van der Waals surface area contributed by atoms with Crippen LogP contribution in [0, 0.1) is 6.92 Å². The Labute approximate surface area is 176 Å². The number of benzene rings is 2. The first-order chi connectivity index (χ1) is 14.4. The first-order valence-corrected chi connectivity index (χ1v) is 9.76. The van der Waals surface area contributed by atoms with Crippen molar-refractivity contribution in [3.8, 4) is 5.75 Å². The summed E-state index contributed by atoms with van der Waals surface area (Å²) in [6, 6.07) is 15.6. The average Bonchev–Trinajstić information content (AvgIpc) is 2.74. The maximum absolute atomic E-state index is 6.57. The van der Waals surface area contributed by atoms with Gasteiger partial charge < -0.3 is 26.0 Å². The predicted octanol–water partition coefficient (Wildman–Crippen LogP) is 3.75. The van der Waals surface area contributed by atoms with Crippen molar-refractivity contribution < 1.29 is 4.74 Å². The SMILES string of the molecule is Cc1cc(N2C=Nc3cc(N(C)C)c(N)cc3C2N)ccc1OCc1ccccn1. The Hall–Kier alpha value is -3.58. The number of hydrogen-bond acceptors (Lipinski definition) is 7. The van der Waals surface area contributed by atoms with Crippen LogP contribution < -0.4 is 26.0 Å². The Morgan fingerprint density at radius 2 is 1.97 bits per heavy atom. The van der Waals surface area contributed by atoms with Gasteiger partial charge in [-0.1, -0.05) is 6.07 Å². The lowest BCUT2D eigenvalue weighted by Crippen LogP contribution is -2.35. The smallest absolute Gasteiger partial charge is 0.130 e. The molecule has 0 amide bonds. The van der Waals surface area contributed by atoms with E-state index in [1.165, 1.54) is 0 Å². The van der Waals surface area contributed by atoms with Crippen molar-refractivity contribution in [3.05, 3.63) is 71.5 Å². The van der Waals surface area contributed by atoms with Gasteiger partial charge in [0.2, 0.25) is 0 Å². The van der Waals surface area contributed by atoms with Crippen LogP contribution in [0.25, 0.3) is 0 Å². The molecule has 1 unspecified atom stereocenters. The summed E-state index contributed by atoms with van der Waals surface area (Å²) in [5.74, 6) is 0.812. The normalized spacial score (nSPS) is 15.1. The van der Waals surface area contributed by atoms with Crippen molar-refractivity contribution in [2.75, 3.05) is 29.6 Å². The minimum absolute atomic E-state index is 0.379. The van der Waals surface area contributed by atoms with Crippen LogP contribution in [-0.4, -0.2) is 25.4 Å². The molecule has 1 atom stereocenters. The molecule has 0 fully saturated rings. The van der Waals surface area contributed by atoms with E-state index >= 15 is 0 Å². The average molecular weight is 403 g/mol. The van der Waals surface area contributed by atoms with Crippen molar-refractivity contribution in [3.63, 3.8) is 0 Å². The molecule has 1 aromatic heterocycles. The highest BCUT2D eigenvalue weighted by molar-refractivity contribution is 5.88. The lowest BCUT2D eigenvalue weighted by atomic mass is 10.0. The van der Waals surface area contributed by atoms with Crippen LogP contribution in [0.4, 0.5) is 22.7 Å². The molecular weight excluding hydrogens is 376 g/mol. The highest BCUT2D eigenvalue weighted by atomic mass is 16.5. The number of ether oxygens (including phenoxy) is 1. The van der Waals surface area contributed by atoms with E-state index in [1.807, 2.05) is 79.3 Å². The highest BCUT2D eigenvalue weighted by Crippen LogP contribution is 2.39. The zero-order valence-electron chi connectivity index (χ0n) is 17.4. The van der Waals surface area contributed by atoms with Crippen LogP contribution >= 0.6 is 0 Å². The molecule has 0 radical (unpaired) electrons. The molecule has 0 bridgehead atoms. The van der Waals surface area contributed by atoms with E-state index in [9.17, 15) is 0 Å². The van der Waals surface area contributed by atoms with Gasteiger partial charge in [-0.2, -0.15) is 0 Å². The Morgan fingerprint density at radius 1 is 1.13 bits per heavy atom. The second-order valence-corrected chi connectivity index (χ2v) is 7.52. The molecule has 0 saturated heterocycles. The van der Waals surface area contributed by atoms with Gasteiger partial charge in [-0.15, -0.1) is 0 Å². The van der Waals surface area contributed by atoms with E-state index in [0.29, 0.717) is 12.3 Å². The molecule has 2 aromatic carbocycles. The fraction of sp³-hybridized carbons (Fsp3) is 0.217. The van der Waals surface area contributed by atoms with Gasteiger partial charge >= 0.3 is 0 Å². The summed E-state index contributed by atoms with van der Waals surface area (Å²) in [5.41, 5.74) is 19.0. The zero-order valence-corrected chi connectivity index (χ0v) is 17.4. The largest absolute Gasteiger partial charge is 0.487 e. The molecule has 7 heteroatoms. The molecule has 1 aliphatic rings. The van der Waals surface area contributed by atoms with Crippen LogP contribution in [0.1, 0.15) is 23.0 Å². The summed E-state index contributed by atoms with van der Waals surface area (Å²) in [6.07, 6.45) is 3.15. The molecule has 3 aromatic rings. The van der Waals surface area contributed by atoms with Crippen LogP contribution in [-0.2, 0) is 6.61 Å². The van der Waals surface area contributed by atoms with Crippen molar-refractivity contribution in [2.45, 2.75) is 19.7 Å². The number of aliphatic imine (C=N–C) groups is 1. The third kappa shape index (κ3) is 3.79. The molecule has 0 saturated carbocycles. The van der Waals surface area contributed by atoms with Gasteiger partial charge in [0.15, 0.2) is 0 Å². The van der Waals surface area contributed by atoms with Crippen molar-refractivity contribution in [1.29, 1.82) is 0 Å². The quantitative estimate of drug-likeness (QED) is 0.631. The minimum Gasteiger partial charge on any atom is -0.487 e. The molecule has 4 N–H and O–H groups in total. The second-order valence-electron chi connectivity index (χ2n) is 7.52. The molecule has 4 rings (SSSR count). The van der Waals surface area contributed by atoms with Crippen molar-refractivity contribution >= 4 is 29.1 Å². The first kappa shape index (κ1) is 19.7. The summed E-state index contributed by atoms with van der Waals surface area (Å²) in [7, 11) is 3.91. The monoisotopic (exact) mass is 402 g/mol. The number of nitrogen functional groups attached to an aromatic ring is 1. The minimum atomic E-state index is -0.379. The van der Waals surface area contributed by atoms with Crippen LogP contribution in [0.2, 0.25) is 0 Å². The summed E-state index contributed by atoms with van der Waals surface area (Å²) in [6.45, 7) is 2.44. The number of aromatic nitrogens is 1. The van der Waals surface area contributed by atoms with Gasteiger partial charge in [0.25, 0.3) is 0 Å². The lowest BCUT2D eigenvalue weighted by molar-refractivity contribution is 0.299. The molecular formula is C23H26N6O. The maximum atomic E-state index is 6.57. The van der Waals surface area contributed by atoms with Gasteiger partial charge in [-0.3, -0.25) is 4.98 Å². The van der Waals surface area contributed by atoms with E-state index in [1.54, 1.807) is 12.5 Å². The topological polar surface area (TPSA) is 93.0 Å². The molecule has 0 spiro atoms. The van der Waals surface area contributed by atoms with E-state index in [4.69, 9.17) is 16.2 Å². The summed E-state index contributed by atoms with van der Waals surface area (Å²) >= 11 is 0. The summed E-state index contributed by atoms with van der Waals surface area (Å²) in [4.78, 5) is 12.8. The van der Waals surface area contributed by atoms with Crippen molar-refractivity contribution in [1.82, 2.24) is 4.98 Å². The Morgan fingerprint density at radius 3 is 2.67 bits per heavy atom. The third-order valence-corrected chi connectivity index (χ3v) is 5.16. The van der Waals surface area contributed by atoms with E-state index < -0.39 is 0 Å². The third-order valence-electron chi connectivity index (χ3n) is 5.16. The van der Waals surface area contributed by atoms with Gasteiger partial charge in [0, 0.05) is 31.5 Å². The number of anilines is 3. The molecule has 2 heterocycles. The molecule has 7 nitrogen and oxygen atoms in total. The van der Waals surface area contributed by atoms with Crippen LogP contribution in [0.15, 0.2) is 59.7 Å². The second kappa shape index (κ2) is 8.04. The number of pyridine rings is 1. The Bertz CT molecular complexity index is 1080. The van der Waals surface area contributed by atoms with Gasteiger partial charge in [0.05, 0.1) is 29.1 Å². The number of rotatable bonds is 5. The summed E-state index contributed by atoms with van der Waals surface area (Å²) < 4.78 is 5.93. The molecule has 0 aliphatic carbocycles. The predicted molar refractivity (Wildman–Crippen MR) is 122 cm³/mol. The van der Waals surface area contributed by atoms with Gasteiger partial charge in [-0.25, -0.2) is 4.99 Å². The lowest BCUT2D eigenvalue weighted by Gasteiger charge is -2.32. The van der Waals surface area contributed by atoms with Crippen molar-refractivity contribution in [2.24, 2.45) is 10.7 Å². The van der Waals surface area contributed by atoms with E-state index in [2.05, 4.69) is 9.98 Å². The number of hydrogen-bond donors (Lipinski definition) is 2. The molecule has 1 aliphatic heterocycles. The van der Waals surface area contributed by atoms with Crippen LogP contribution in [0.5, 0.6) is 5.75 Å². The number of nitrogens with zero attached hydrogens (tertiary/aromatic N) is 4. The number of aryl methyl sites for hydroxylation is 1. The standard InChI is InChI=1S/C23H26N6O/c1-15-10-17(7-8-22(15)30-13-16-6-4-5-9-26-16)29-14-27-20-12-21(28(2)3)19(24)11-18(20)23(29)25/h4-12,14,23H,13,24-25H2,1-3H3. The maximum Gasteiger partial charge on any atom is 0.130 e. The fourth-order valence-corrected chi connectivity index (χ4v) is 3.51.